The number of hydrogen-bond donors (Lipinski definition) is 1. The lowest BCUT2D eigenvalue weighted by molar-refractivity contribution is -0.123. The summed E-state index contributed by atoms with van der Waals surface area (Å²) < 4.78 is 18.9. The lowest BCUT2D eigenvalue weighted by Crippen LogP contribution is -2.24. The first-order valence-electron chi connectivity index (χ1n) is 12.9. The van der Waals surface area contributed by atoms with Crippen LogP contribution in [-0.4, -0.2) is 36.8 Å². The smallest absolute Gasteiger partial charge is 0.277 e. The summed E-state index contributed by atoms with van der Waals surface area (Å²) in [7, 11) is 0. The normalized spacial score (nSPS) is 13.6. The first-order chi connectivity index (χ1) is 19.6. The van der Waals surface area contributed by atoms with Crippen LogP contribution in [0.25, 0.3) is 10.8 Å². The minimum atomic E-state index is -0.349. The molecular weight excluding hydrogens is 608 g/mol. The number of nitrogens with zero attached hydrogens (tertiary/aromatic N) is 1. The van der Waals surface area contributed by atoms with Crippen LogP contribution in [0.2, 0.25) is 0 Å². The highest BCUT2D eigenvalue weighted by atomic mass is 79.9. The Labute approximate surface area is 251 Å². The molecule has 1 aliphatic heterocycles. The Kier molecular flexibility index (Phi) is 9.91. The summed E-state index contributed by atoms with van der Waals surface area (Å²) in [5, 5.41) is 6.43. The molecule has 0 saturated carbocycles. The van der Waals surface area contributed by atoms with Crippen LogP contribution in [0, 0.1) is 0 Å². The van der Waals surface area contributed by atoms with Crippen LogP contribution in [0.15, 0.2) is 88.4 Å². The van der Waals surface area contributed by atoms with Gasteiger partial charge in [0.2, 0.25) is 0 Å². The van der Waals surface area contributed by atoms with Crippen molar-refractivity contribution in [2.45, 2.75) is 18.1 Å². The molecule has 0 atom stereocenters. The third-order valence-corrected chi connectivity index (χ3v) is 9.95. The summed E-state index contributed by atoms with van der Waals surface area (Å²) in [5.41, 5.74) is 5.62. The number of amides is 1. The Bertz CT molecular complexity index is 1490. The van der Waals surface area contributed by atoms with Gasteiger partial charge in [0.1, 0.15) is 12.4 Å². The fourth-order valence-electron chi connectivity index (χ4n) is 4.23. The number of halogens is 1. The quantitative estimate of drug-likeness (QED) is 0.135. The average Bonchev–Trinajstić information content (AvgIpc) is 3.52. The first-order valence-corrected chi connectivity index (χ1v) is 15.8. The first kappa shape index (κ1) is 28.4. The molecule has 9 heteroatoms. The van der Waals surface area contributed by atoms with E-state index in [1.807, 2.05) is 72.9 Å². The van der Waals surface area contributed by atoms with Crippen LogP contribution < -0.4 is 19.6 Å². The molecule has 0 bridgehead atoms. The second kappa shape index (κ2) is 14.0. The number of nitrogens with one attached hydrogen (secondary N) is 1. The van der Waals surface area contributed by atoms with Crippen molar-refractivity contribution in [3.63, 3.8) is 0 Å². The van der Waals surface area contributed by atoms with Crippen molar-refractivity contribution in [1.82, 2.24) is 5.43 Å². The van der Waals surface area contributed by atoms with Crippen molar-refractivity contribution < 1.29 is 19.0 Å². The molecule has 0 aliphatic carbocycles. The van der Waals surface area contributed by atoms with Gasteiger partial charge in [-0.3, -0.25) is 4.79 Å². The van der Waals surface area contributed by atoms with Gasteiger partial charge in [0.15, 0.2) is 18.1 Å². The molecule has 1 saturated heterocycles. The van der Waals surface area contributed by atoms with Crippen molar-refractivity contribution in [2.24, 2.45) is 5.10 Å². The van der Waals surface area contributed by atoms with Crippen LogP contribution in [0.5, 0.6) is 17.2 Å². The third kappa shape index (κ3) is 7.33. The standard InChI is InChI=1S/C31H29BrN2O4S2/c1-2-36-28-16-24(27(32)17-29(28)38-19-23-8-5-7-21-6-3-4-9-26(21)23)18-33-34-30(35)20-37-25-12-10-22(11-13-25)31-39-14-15-40-31/h3-13,16-18,31H,2,14-15,19-20H2,1H3,(H,34,35)/b33-18-. The number of hydrogen-bond acceptors (Lipinski definition) is 7. The highest BCUT2D eigenvalue weighted by Gasteiger charge is 2.18. The molecule has 0 aromatic heterocycles. The molecule has 206 valence electrons. The van der Waals surface area contributed by atoms with E-state index >= 15 is 0 Å². The van der Waals surface area contributed by atoms with Gasteiger partial charge in [-0.2, -0.15) is 5.10 Å². The van der Waals surface area contributed by atoms with E-state index in [0.717, 1.165) is 21.0 Å². The fourth-order valence-corrected chi connectivity index (χ4v) is 7.52. The van der Waals surface area contributed by atoms with E-state index in [1.54, 1.807) is 6.21 Å². The number of rotatable bonds is 11. The summed E-state index contributed by atoms with van der Waals surface area (Å²) in [6.07, 6.45) is 1.56. The van der Waals surface area contributed by atoms with Crippen molar-refractivity contribution in [3.05, 3.63) is 100 Å². The Morgan fingerprint density at radius 3 is 2.52 bits per heavy atom. The van der Waals surface area contributed by atoms with Gasteiger partial charge in [-0.25, -0.2) is 5.43 Å². The fraction of sp³-hybridized carbons (Fsp3) is 0.226. The van der Waals surface area contributed by atoms with Gasteiger partial charge < -0.3 is 14.2 Å². The van der Waals surface area contributed by atoms with Crippen LogP contribution in [-0.2, 0) is 11.4 Å². The zero-order valence-electron chi connectivity index (χ0n) is 22.0. The molecule has 1 fully saturated rings. The van der Waals surface area contributed by atoms with Crippen molar-refractivity contribution in [1.29, 1.82) is 0 Å². The Morgan fingerprint density at radius 1 is 0.975 bits per heavy atom. The van der Waals surface area contributed by atoms with E-state index in [1.165, 1.54) is 22.5 Å². The number of fused-ring (bicyclic) bond motifs is 1. The highest BCUT2D eigenvalue weighted by molar-refractivity contribution is 9.10. The van der Waals surface area contributed by atoms with E-state index in [2.05, 4.69) is 62.9 Å². The van der Waals surface area contributed by atoms with Crippen molar-refractivity contribution >= 4 is 62.3 Å². The second-order valence-electron chi connectivity index (χ2n) is 8.90. The van der Waals surface area contributed by atoms with E-state index < -0.39 is 0 Å². The minimum Gasteiger partial charge on any atom is -0.490 e. The number of benzene rings is 4. The van der Waals surface area contributed by atoms with Gasteiger partial charge in [0, 0.05) is 21.5 Å². The van der Waals surface area contributed by atoms with Gasteiger partial charge in [0.05, 0.1) is 17.4 Å². The largest absolute Gasteiger partial charge is 0.490 e. The topological polar surface area (TPSA) is 69.2 Å². The van der Waals surface area contributed by atoms with Crippen molar-refractivity contribution in [3.8, 4) is 17.2 Å². The summed E-state index contributed by atoms with van der Waals surface area (Å²) in [6.45, 7) is 2.68. The molecule has 1 aliphatic rings. The average molecular weight is 638 g/mol. The molecule has 5 rings (SSSR count). The van der Waals surface area contributed by atoms with E-state index in [0.29, 0.717) is 35.0 Å². The predicted octanol–water partition coefficient (Wildman–Crippen LogP) is 7.59. The molecule has 4 aromatic carbocycles. The van der Waals surface area contributed by atoms with E-state index in [-0.39, 0.29) is 12.5 Å². The van der Waals surface area contributed by atoms with Crippen LogP contribution in [0.1, 0.15) is 28.2 Å². The molecule has 0 radical (unpaired) electrons. The molecule has 1 amide bonds. The van der Waals surface area contributed by atoms with Crippen LogP contribution in [0.4, 0.5) is 0 Å². The lowest BCUT2D eigenvalue weighted by atomic mass is 10.1. The summed E-state index contributed by atoms with van der Waals surface area (Å²) in [5.74, 6) is 3.88. The maximum absolute atomic E-state index is 12.3. The lowest BCUT2D eigenvalue weighted by Gasteiger charge is -2.15. The maximum Gasteiger partial charge on any atom is 0.277 e. The Morgan fingerprint density at radius 2 is 1.73 bits per heavy atom. The molecular formula is C31H29BrN2O4S2. The van der Waals surface area contributed by atoms with Gasteiger partial charge in [0.25, 0.3) is 5.91 Å². The molecule has 1 heterocycles. The van der Waals surface area contributed by atoms with Gasteiger partial charge in [-0.05, 0) is 69.0 Å². The minimum absolute atomic E-state index is 0.129. The van der Waals surface area contributed by atoms with E-state index in [4.69, 9.17) is 14.2 Å². The number of ether oxygens (including phenoxy) is 3. The second-order valence-corrected chi connectivity index (χ2v) is 12.5. The summed E-state index contributed by atoms with van der Waals surface area (Å²) in [6, 6.07) is 26.0. The summed E-state index contributed by atoms with van der Waals surface area (Å²) >= 11 is 7.50. The predicted molar refractivity (Wildman–Crippen MR) is 169 cm³/mol. The number of hydrazone groups is 1. The molecule has 6 nitrogen and oxygen atoms in total. The molecule has 40 heavy (non-hydrogen) atoms. The molecule has 0 spiro atoms. The van der Waals surface area contributed by atoms with Crippen LogP contribution >= 0.6 is 39.5 Å². The Balaban J connectivity index is 1.17. The van der Waals surface area contributed by atoms with Gasteiger partial charge in [-0.15, -0.1) is 23.5 Å². The monoisotopic (exact) mass is 636 g/mol. The summed E-state index contributed by atoms with van der Waals surface area (Å²) in [4.78, 5) is 12.3. The third-order valence-electron chi connectivity index (χ3n) is 6.16. The number of carbonyl (C=O) groups excluding carboxylic acids is 1. The molecule has 4 aromatic rings. The van der Waals surface area contributed by atoms with Gasteiger partial charge >= 0.3 is 0 Å². The van der Waals surface area contributed by atoms with E-state index in [9.17, 15) is 4.79 Å². The SMILES string of the molecule is CCOc1cc(/C=N\NC(=O)COc2ccc(C3SCCS3)cc2)c(Br)cc1OCc1cccc2ccccc12. The van der Waals surface area contributed by atoms with Gasteiger partial charge in [-0.1, -0.05) is 54.6 Å². The molecule has 1 N–H and O–H groups in total. The zero-order chi connectivity index (χ0) is 27.7. The maximum atomic E-state index is 12.3. The highest BCUT2D eigenvalue weighted by Crippen LogP contribution is 2.45. The zero-order valence-corrected chi connectivity index (χ0v) is 25.2. The van der Waals surface area contributed by atoms with Crippen LogP contribution in [0.3, 0.4) is 0 Å². The number of carbonyl (C=O) groups is 1. The molecule has 0 unspecified atom stereocenters. The number of thioether (sulfide) groups is 2. The van der Waals surface area contributed by atoms with Crippen molar-refractivity contribution in [2.75, 3.05) is 24.7 Å². The Hall–Kier alpha value is -3.14.